The van der Waals surface area contributed by atoms with E-state index in [-0.39, 0.29) is 5.91 Å². The summed E-state index contributed by atoms with van der Waals surface area (Å²) in [5.41, 5.74) is 2.27. The summed E-state index contributed by atoms with van der Waals surface area (Å²) in [6.07, 6.45) is -1.29. The number of fused-ring (bicyclic) bond motifs is 3. The summed E-state index contributed by atoms with van der Waals surface area (Å²) in [5, 5.41) is 9.02. The Morgan fingerprint density at radius 1 is 1.17 bits per heavy atom. The summed E-state index contributed by atoms with van der Waals surface area (Å²) >= 11 is 0. The van der Waals surface area contributed by atoms with Crippen molar-refractivity contribution in [3.05, 3.63) is 72.4 Å². The van der Waals surface area contributed by atoms with Gasteiger partial charge in [0.25, 0.3) is 0 Å². The van der Waals surface area contributed by atoms with E-state index in [4.69, 9.17) is 0 Å². The van der Waals surface area contributed by atoms with Crippen LogP contribution in [0.5, 0.6) is 0 Å². The quantitative estimate of drug-likeness (QED) is 0.506. The highest BCUT2D eigenvalue weighted by molar-refractivity contribution is 6.09. The lowest BCUT2D eigenvalue weighted by atomic mass is 10.1. The van der Waals surface area contributed by atoms with Crippen LogP contribution in [0.15, 0.2) is 61.3 Å². The van der Waals surface area contributed by atoms with E-state index in [9.17, 15) is 18.0 Å². The van der Waals surface area contributed by atoms with E-state index in [0.29, 0.717) is 12.2 Å². The van der Waals surface area contributed by atoms with Crippen molar-refractivity contribution < 1.29 is 18.0 Å². The Hall–Kier alpha value is -3.55. The monoisotopic (exact) mass is 398 g/mol. The van der Waals surface area contributed by atoms with E-state index >= 15 is 0 Å². The molecule has 8 heteroatoms. The highest BCUT2D eigenvalue weighted by Crippen LogP contribution is 2.32. The highest BCUT2D eigenvalue weighted by Gasteiger charge is 2.30. The number of aromatic nitrogens is 3. The van der Waals surface area contributed by atoms with Crippen LogP contribution in [0.1, 0.15) is 11.1 Å². The molecule has 0 saturated heterocycles. The number of hydrogen-bond donors (Lipinski definition) is 1. The molecule has 5 nitrogen and oxygen atoms in total. The highest BCUT2D eigenvalue weighted by atomic mass is 19.4. The zero-order valence-corrected chi connectivity index (χ0v) is 15.5. The van der Waals surface area contributed by atoms with Crippen LogP contribution in [-0.4, -0.2) is 20.3 Å². The van der Waals surface area contributed by atoms with Crippen LogP contribution < -0.4 is 5.32 Å². The molecule has 2 aromatic heterocycles. The summed E-state index contributed by atoms with van der Waals surface area (Å²) < 4.78 is 42.1. The zero-order chi connectivity index (χ0) is 20.8. The van der Waals surface area contributed by atoms with Crippen LogP contribution in [-0.2, 0) is 24.6 Å². The summed E-state index contributed by atoms with van der Waals surface area (Å²) in [4.78, 5) is 11.6. The van der Waals surface area contributed by atoms with E-state index in [0.717, 1.165) is 39.6 Å². The second-order valence-electron chi connectivity index (χ2n) is 6.75. The van der Waals surface area contributed by atoms with Gasteiger partial charge in [-0.25, -0.2) is 0 Å². The fraction of sp³-hybridized carbons (Fsp3) is 0.143. The minimum absolute atomic E-state index is 0.309. The van der Waals surface area contributed by atoms with Crippen molar-refractivity contribution in [3.63, 3.8) is 0 Å². The molecule has 0 saturated carbocycles. The number of amides is 1. The molecule has 4 rings (SSSR count). The number of halogens is 3. The van der Waals surface area contributed by atoms with E-state index < -0.39 is 11.7 Å². The maximum Gasteiger partial charge on any atom is 0.416 e. The van der Waals surface area contributed by atoms with E-state index in [2.05, 4.69) is 17.0 Å². The topological polar surface area (TPSA) is 51.9 Å². The Morgan fingerprint density at radius 3 is 2.55 bits per heavy atom. The normalized spacial score (nSPS) is 11.9. The second kappa shape index (κ2) is 6.80. The third kappa shape index (κ3) is 3.49. The van der Waals surface area contributed by atoms with Gasteiger partial charge in [0, 0.05) is 36.2 Å². The molecule has 2 heterocycles. The molecule has 1 N–H and O–H groups in total. The van der Waals surface area contributed by atoms with E-state index in [1.54, 1.807) is 17.8 Å². The van der Waals surface area contributed by atoms with Crippen molar-refractivity contribution >= 4 is 33.5 Å². The maximum absolute atomic E-state index is 12.8. The fourth-order valence-corrected chi connectivity index (χ4v) is 3.38. The number of carbonyl (C=O) groups excluding carboxylic acids is 1. The van der Waals surface area contributed by atoms with E-state index in [1.165, 1.54) is 18.2 Å². The fourth-order valence-electron chi connectivity index (χ4n) is 3.38. The summed E-state index contributed by atoms with van der Waals surface area (Å²) in [7, 11) is 1.80. The largest absolute Gasteiger partial charge is 0.416 e. The lowest BCUT2D eigenvalue weighted by Gasteiger charge is -2.10. The zero-order valence-electron chi connectivity index (χ0n) is 15.5. The minimum Gasteiger partial charge on any atom is -0.323 e. The number of aryl methyl sites for hydroxylation is 1. The molecule has 0 spiro atoms. The van der Waals surface area contributed by atoms with Crippen LogP contribution in [0.25, 0.3) is 21.9 Å². The predicted octanol–water partition coefficient (Wildman–Crippen LogP) is 4.72. The van der Waals surface area contributed by atoms with Crippen LogP contribution in [0.2, 0.25) is 0 Å². The van der Waals surface area contributed by atoms with E-state index in [1.807, 2.05) is 22.9 Å². The number of carbonyl (C=O) groups is 1. The molecule has 0 aliphatic heterocycles. The summed E-state index contributed by atoms with van der Waals surface area (Å²) in [5.74, 6) is -0.309. The lowest BCUT2D eigenvalue weighted by Crippen LogP contribution is -2.07. The van der Waals surface area contributed by atoms with Crippen LogP contribution >= 0.6 is 0 Å². The number of hydrogen-bond acceptors (Lipinski definition) is 2. The Morgan fingerprint density at radius 2 is 1.90 bits per heavy atom. The van der Waals surface area contributed by atoms with Gasteiger partial charge in [-0.3, -0.25) is 9.48 Å². The van der Waals surface area contributed by atoms with Crippen LogP contribution in [0.3, 0.4) is 0 Å². The van der Waals surface area contributed by atoms with Crippen molar-refractivity contribution in [1.82, 2.24) is 14.3 Å². The van der Waals surface area contributed by atoms with Crippen molar-refractivity contribution in [1.29, 1.82) is 0 Å². The first-order valence-electron chi connectivity index (χ1n) is 8.81. The Balaban J connectivity index is 1.78. The van der Waals surface area contributed by atoms with Crippen molar-refractivity contribution in [3.8, 4) is 0 Å². The van der Waals surface area contributed by atoms with Gasteiger partial charge in [-0.05, 0) is 42.0 Å². The number of anilines is 1. The van der Waals surface area contributed by atoms with Gasteiger partial charge in [0.2, 0.25) is 5.91 Å². The number of nitrogens with one attached hydrogen (secondary N) is 1. The number of nitrogens with zero attached hydrogens (tertiary/aromatic N) is 3. The van der Waals surface area contributed by atoms with Gasteiger partial charge in [-0.1, -0.05) is 18.7 Å². The Bertz CT molecular complexity index is 1230. The van der Waals surface area contributed by atoms with Gasteiger partial charge in [0.05, 0.1) is 11.1 Å². The molecule has 0 aliphatic carbocycles. The SMILES string of the molecule is C=CC(=O)Nc1ccc2c(c1)c1cn(C)nc1n2Cc1ccc(C(F)(F)F)cc1. The first-order chi connectivity index (χ1) is 13.8. The van der Waals surface area contributed by atoms with Gasteiger partial charge >= 0.3 is 6.18 Å². The molecule has 2 aromatic carbocycles. The molecule has 0 atom stereocenters. The third-order valence-electron chi connectivity index (χ3n) is 4.72. The second-order valence-corrected chi connectivity index (χ2v) is 6.75. The first kappa shape index (κ1) is 18.8. The van der Waals surface area contributed by atoms with Gasteiger partial charge in [-0.15, -0.1) is 0 Å². The molecule has 1 amide bonds. The molecule has 0 radical (unpaired) electrons. The number of rotatable bonds is 4. The third-order valence-corrected chi connectivity index (χ3v) is 4.72. The van der Waals surface area contributed by atoms with Crippen LogP contribution in [0.4, 0.5) is 18.9 Å². The molecule has 0 fully saturated rings. The van der Waals surface area contributed by atoms with Crippen molar-refractivity contribution in [2.45, 2.75) is 12.7 Å². The van der Waals surface area contributed by atoms with Gasteiger partial charge < -0.3 is 9.88 Å². The average molecular weight is 398 g/mol. The van der Waals surface area contributed by atoms with Crippen molar-refractivity contribution in [2.75, 3.05) is 5.32 Å². The predicted molar refractivity (Wildman–Crippen MR) is 106 cm³/mol. The lowest BCUT2D eigenvalue weighted by molar-refractivity contribution is -0.137. The minimum atomic E-state index is -4.36. The molecule has 148 valence electrons. The van der Waals surface area contributed by atoms with Crippen LogP contribution in [0, 0.1) is 0 Å². The first-order valence-corrected chi connectivity index (χ1v) is 8.81. The number of alkyl halides is 3. The smallest absolute Gasteiger partial charge is 0.323 e. The van der Waals surface area contributed by atoms with Gasteiger partial charge in [0.15, 0.2) is 5.65 Å². The Labute approximate surface area is 164 Å². The number of benzene rings is 2. The maximum atomic E-state index is 12.8. The molecule has 0 aliphatic rings. The van der Waals surface area contributed by atoms with Gasteiger partial charge in [-0.2, -0.15) is 18.3 Å². The molecular formula is C21H17F3N4O. The molecule has 4 aromatic rings. The summed E-state index contributed by atoms with van der Waals surface area (Å²) in [6, 6.07) is 10.6. The van der Waals surface area contributed by atoms with Gasteiger partial charge in [0.1, 0.15) is 0 Å². The molecule has 0 unspecified atom stereocenters. The summed E-state index contributed by atoms with van der Waals surface area (Å²) in [6.45, 7) is 3.81. The van der Waals surface area contributed by atoms with Crippen molar-refractivity contribution in [2.24, 2.45) is 7.05 Å². The standard InChI is InChI=1S/C21H17F3N4O/c1-3-19(29)25-15-8-9-18-16(10-15)17-12-27(2)26-20(17)28(18)11-13-4-6-14(7-5-13)21(22,23)24/h3-10,12H,1,11H2,2H3,(H,25,29). The average Bonchev–Trinajstić information content (AvgIpc) is 3.18. The molecular weight excluding hydrogens is 381 g/mol. The Kier molecular flexibility index (Phi) is 4.41. The molecule has 0 bridgehead atoms. The molecule has 29 heavy (non-hydrogen) atoms.